The van der Waals surface area contributed by atoms with E-state index in [1.54, 1.807) is 6.20 Å². The van der Waals surface area contributed by atoms with Crippen molar-refractivity contribution in [2.24, 2.45) is 0 Å². The fourth-order valence-corrected chi connectivity index (χ4v) is 2.60. The van der Waals surface area contributed by atoms with E-state index < -0.39 is 0 Å². The number of nitrogens with two attached hydrogens (primary N) is 1. The van der Waals surface area contributed by atoms with Crippen molar-refractivity contribution in [3.05, 3.63) is 29.1 Å². The SMILES string of the molecule is Nc1c(NCCN2CCOCC2)ncnc1Nc1ccc(Br)cn1. The quantitative estimate of drug-likeness (QED) is 0.681. The molecule has 24 heavy (non-hydrogen) atoms. The van der Waals surface area contributed by atoms with Gasteiger partial charge in [-0.3, -0.25) is 4.90 Å². The lowest BCUT2D eigenvalue weighted by Crippen LogP contribution is -2.39. The van der Waals surface area contributed by atoms with Crippen molar-refractivity contribution in [3.63, 3.8) is 0 Å². The van der Waals surface area contributed by atoms with Crippen LogP contribution >= 0.6 is 15.9 Å². The zero-order valence-electron chi connectivity index (χ0n) is 13.2. The number of morpholine rings is 1. The van der Waals surface area contributed by atoms with Gasteiger partial charge in [-0.1, -0.05) is 0 Å². The molecule has 1 aliphatic heterocycles. The van der Waals surface area contributed by atoms with Crippen LogP contribution in [0.1, 0.15) is 0 Å². The Morgan fingerprint density at radius 3 is 2.71 bits per heavy atom. The summed E-state index contributed by atoms with van der Waals surface area (Å²) < 4.78 is 6.25. The van der Waals surface area contributed by atoms with Crippen LogP contribution < -0.4 is 16.4 Å². The maximum Gasteiger partial charge on any atom is 0.160 e. The van der Waals surface area contributed by atoms with Gasteiger partial charge in [0.15, 0.2) is 11.6 Å². The van der Waals surface area contributed by atoms with Gasteiger partial charge in [0.05, 0.1) is 13.2 Å². The summed E-state index contributed by atoms with van der Waals surface area (Å²) in [6, 6.07) is 3.74. The number of nitrogen functional groups attached to an aromatic ring is 1. The van der Waals surface area contributed by atoms with Crippen molar-refractivity contribution >= 4 is 39.1 Å². The van der Waals surface area contributed by atoms with Crippen LogP contribution in [0.25, 0.3) is 0 Å². The fraction of sp³-hybridized carbons (Fsp3) is 0.400. The Balaban J connectivity index is 1.59. The van der Waals surface area contributed by atoms with Crippen molar-refractivity contribution in [1.82, 2.24) is 19.9 Å². The van der Waals surface area contributed by atoms with Gasteiger partial charge in [0, 0.05) is 36.8 Å². The lowest BCUT2D eigenvalue weighted by atomic mass is 10.4. The number of ether oxygens (including phenoxy) is 1. The average molecular weight is 394 g/mol. The minimum Gasteiger partial charge on any atom is -0.393 e. The highest BCUT2D eigenvalue weighted by molar-refractivity contribution is 9.10. The number of nitrogens with zero attached hydrogens (tertiary/aromatic N) is 4. The molecular formula is C15H20BrN7O. The van der Waals surface area contributed by atoms with Gasteiger partial charge in [-0.2, -0.15) is 0 Å². The molecule has 3 rings (SSSR count). The Labute approximate surface area is 149 Å². The Hall–Kier alpha value is -1.97. The van der Waals surface area contributed by atoms with Crippen LogP contribution in [0.4, 0.5) is 23.1 Å². The molecule has 0 spiro atoms. The van der Waals surface area contributed by atoms with E-state index in [9.17, 15) is 0 Å². The maximum absolute atomic E-state index is 6.16. The van der Waals surface area contributed by atoms with Crippen LogP contribution in [0.15, 0.2) is 29.1 Å². The second-order valence-electron chi connectivity index (χ2n) is 5.35. The summed E-state index contributed by atoms with van der Waals surface area (Å²) in [5.41, 5.74) is 6.64. The molecule has 2 aromatic rings. The van der Waals surface area contributed by atoms with Crippen LogP contribution in [-0.4, -0.2) is 59.2 Å². The Bertz CT molecular complexity index is 661. The van der Waals surface area contributed by atoms with Gasteiger partial charge >= 0.3 is 0 Å². The highest BCUT2D eigenvalue weighted by Crippen LogP contribution is 2.25. The summed E-state index contributed by atoms with van der Waals surface area (Å²) in [5.74, 6) is 1.83. The monoisotopic (exact) mass is 393 g/mol. The number of nitrogens with one attached hydrogen (secondary N) is 2. The van der Waals surface area contributed by atoms with Gasteiger partial charge in [-0.05, 0) is 28.1 Å². The Morgan fingerprint density at radius 1 is 1.17 bits per heavy atom. The van der Waals surface area contributed by atoms with E-state index in [0.29, 0.717) is 23.1 Å². The smallest absolute Gasteiger partial charge is 0.160 e. The molecule has 2 aromatic heterocycles. The molecule has 1 fully saturated rings. The Kier molecular flexibility index (Phi) is 5.78. The molecule has 1 saturated heterocycles. The molecule has 0 unspecified atom stereocenters. The third kappa shape index (κ3) is 4.53. The predicted octanol–water partition coefficient (Wildman–Crippen LogP) is 1.70. The summed E-state index contributed by atoms with van der Waals surface area (Å²) in [4.78, 5) is 15.0. The normalized spacial score (nSPS) is 15.2. The van der Waals surface area contributed by atoms with Gasteiger partial charge < -0.3 is 21.1 Å². The minimum atomic E-state index is 0.476. The van der Waals surface area contributed by atoms with Crippen molar-refractivity contribution in [2.45, 2.75) is 0 Å². The van der Waals surface area contributed by atoms with Crippen molar-refractivity contribution in [1.29, 1.82) is 0 Å². The van der Waals surface area contributed by atoms with Gasteiger partial charge in [0.25, 0.3) is 0 Å². The molecule has 0 bridgehead atoms. The first kappa shape index (κ1) is 16.9. The summed E-state index contributed by atoms with van der Waals surface area (Å²) >= 11 is 3.36. The second kappa shape index (κ2) is 8.22. The van der Waals surface area contributed by atoms with Crippen LogP contribution in [0, 0.1) is 0 Å². The molecule has 0 aromatic carbocycles. The predicted molar refractivity (Wildman–Crippen MR) is 97.4 cm³/mol. The van der Waals surface area contributed by atoms with Crippen molar-refractivity contribution in [2.75, 3.05) is 55.8 Å². The topological polar surface area (TPSA) is 101 Å². The number of hydrogen-bond donors (Lipinski definition) is 3. The highest BCUT2D eigenvalue weighted by Gasteiger charge is 2.11. The zero-order chi connectivity index (χ0) is 16.8. The largest absolute Gasteiger partial charge is 0.393 e. The average Bonchev–Trinajstić information content (AvgIpc) is 2.61. The van der Waals surface area contributed by atoms with Gasteiger partial charge in [-0.15, -0.1) is 0 Å². The van der Waals surface area contributed by atoms with E-state index in [0.717, 1.165) is 43.9 Å². The number of pyridine rings is 1. The highest BCUT2D eigenvalue weighted by atomic mass is 79.9. The number of hydrogen-bond acceptors (Lipinski definition) is 8. The minimum absolute atomic E-state index is 0.476. The van der Waals surface area contributed by atoms with E-state index in [2.05, 4.69) is 46.4 Å². The molecule has 0 saturated carbocycles. The van der Waals surface area contributed by atoms with Crippen LogP contribution in [0.2, 0.25) is 0 Å². The molecule has 4 N–H and O–H groups in total. The lowest BCUT2D eigenvalue weighted by molar-refractivity contribution is 0.0398. The molecular weight excluding hydrogens is 374 g/mol. The van der Waals surface area contributed by atoms with E-state index in [4.69, 9.17) is 10.5 Å². The summed E-state index contributed by atoms with van der Waals surface area (Å²) in [6.45, 7) is 5.20. The molecule has 8 nitrogen and oxygen atoms in total. The molecule has 9 heteroatoms. The van der Waals surface area contributed by atoms with Crippen molar-refractivity contribution < 1.29 is 4.74 Å². The van der Waals surface area contributed by atoms with Gasteiger partial charge in [-0.25, -0.2) is 15.0 Å². The van der Waals surface area contributed by atoms with E-state index >= 15 is 0 Å². The van der Waals surface area contributed by atoms with Gasteiger partial charge in [0.2, 0.25) is 0 Å². The first-order chi connectivity index (χ1) is 11.7. The lowest BCUT2D eigenvalue weighted by Gasteiger charge is -2.26. The summed E-state index contributed by atoms with van der Waals surface area (Å²) in [7, 11) is 0. The summed E-state index contributed by atoms with van der Waals surface area (Å²) in [5, 5.41) is 6.37. The van der Waals surface area contributed by atoms with Crippen LogP contribution in [0.3, 0.4) is 0 Å². The van der Waals surface area contributed by atoms with Gasteiger partial charge in [0.1, 0.15) is 17.8 Å². The molecule has 1 aliphatic rings. The molecule has 0 radical (unpaired) electrons. The number of anilines is 4. The third-order valence-electron chi connectivity index (χ3n) is 3.68. The van der Waals surface area contributed by atoms with E-state index in [-0.39, 0.29) is 0 Å². The molecule has 128 valence electrons. The fourth-order valence-electron chi connectivity index (χ4n) is 2.36. The van der Waals surface area contributed by atoms with E-state index in [1.165, 1.54) is 6.33 Å². The third-order valence-corrected chi connectivity index (χ3v) is 4.15. The number of aromatic nitrogens is 3. The van der Waals surface area contributed by atoms with Crippen LogP contribution in [0.5, 0.6) is 0 Å². The maximum atomic E-state index is 6.16. The molecule has 3 heterocycles. The van der Waals surface area contributed by atoms with Crippen LogP contribution in [-0.2, 0) is 4.74 Å². The standard InChI is InChI=1S/C15H20BrN7O/c16-11-1-2-12(19-9-11)22-15-13(17)14(20-10-21-15)18-3-4-23-5-7-24-8-6-23/h1-2,9-10H,3-8,17H2,(H2,18,19,20,21,22). The first-order valence-electron chi connectivity index (χ1n) is 7.75. The van der Waals surface area contributed by atoms with Crippen molar-refractivity contribution in [3.8, 4) is 0 Å². The molecule has 0 amide bonds. The number of rotatable bonds is 6. The zero-order valence-corrected chi connectivity index (χ0v) is 14.8. The molecule has 0 atom stereocenters. The Morgan fingerprint density at radius 2 is 1.96 bits per heavy atom. The first-order valence-corrected chi connectivity index (χ1v) is 8.55. The molecule has 0 aliphatic carbocycles. The second-order valence-corrected chi connectivity index (χ2v) is 6.27. The van der Waals surface area contributed by atoms with E-state index in [1.807, 2.05) is 12.1 Å². The summed E-state index contributed by atoms with van der Waals surface area (Å²) in [6.07, 6.45) is 3.19. The number of halogens is 1.